The van der Waals surface area contributed by atoms with Gasteiger partial charge in [-0.15, -0.1) is 6.58 Å². The maximum atomic E-state index is 15.3. The van der Waals surface area contributed by atoms with Crippen LogP contribution in [-0.4, -0.2) is 75.7 Å². The Kier molecular flexibility index (Phi) is 15.4. The molecule has 1 fully saturated rings. The number of rotatable bonds is 20. The fraction of sp³-hybridized carbons (Fsp3) is 0.429. The highest BCUT2D eigenvalue weighted by Crippen LogP contribution is 2.62. The van der Waals surface area contributed by atoms with E-state index in [4.69, 9.17) is 33.7 Å². The lowest BCUT2D eigenvalue weighted by atomic mass is 9.55. The Bertz CT molecular complexity index is 2640. The molecular formula is C56H65N3O11. The van der Waals surface area contributed by atoms with Gasteiger partial charge in [-0.05, 0) is 161 Å². The molecule has 2 N–H and O–H groups in total. The Morgan fingerprint density at radius 3 is 2.34 bits per heavy atom. The molecule has 0 unspecified atom stereocenters. The van der Waals surface area contributed by atoms with E-state index >= 15 is 4.79 Å². The minimum atomic E-state index is -1.53. The van der Waals surface area contributed by atoms with E-state index in [0.29, 0.717) is 52.9 Å². The van der Waals surface area contributed by atoms with E-state index in [-0.39, 0.29) is 68.9 Å². The topological polar surface area (TPSA) is 172 Å². The van der Waals surface area contributed by atoms with Crippen LogP contribution in [0, 0.1) is 41.7 Å². The zero-order chi connectivity index (χ0) is 49.6. The smallest absolute Gasteiger partial charge is 0.269 e. The molecule has 1 saturated carbocycles. The van der Waals surface area contributed by atoms with Crippen molar-refractivity contribution in [1.29, 1.82) is 0 Å². The van der Waals surface area contributed by atoms with Crippen LogP contribution in [0.1, 0.15) is 99.5 Å². The summed E-state index contributed by atoms with van der Waals surface area (Å²) in [5, 5.41) is 36.6. The van der Waals surface area contributed by atoms with E-state index in [1.165, 1.54) is 18.2 Å². The normalized spacial score (nSPS) is 22.7. The fourth-order valence-electron chi connectivity index (χ4n) is 10.4. The highest BCUT2D eigenvalue weighted by Gasteiger charge is 2.65. The molecule has 2 aliphatic carbocycles. The Hall–Kier alpha value is -6.48. The molecule has 0 spiro atoms. The third-order valence-corrected chi connectivity index (χ3v) is 13.8. The Morgan fingerprint density at radius 1 is 0.914 bits per heavy atom. The number of nitro benzene ring substituents is 1. The summed E-state index contributed by atoms with van der Waals surface area (Å²) in [7, 11) is 0. The van der Waals surface area contributed by atoms with Gasteiger partial charge in [-0.25, -0.2) is 0 Å². The Labute approximate surface area is 410 Å². The maximum absolute atomic E-state index is 15.3. The van der Waals surface area contributed by atoms with Crippen molar-refractivity contribution in [2.45, 2.75) is 109 Å². The number of unbranched alkanes of at least 4 members (excludes halogenated alkanes) is 2. The van der Waals surface area contributed by atoms with Crippen LogP contribution >= 0.6 is 0 Å². The number of aliphatic hydroxyl groups is 2. The van der Waals surface area contributed by atoms with Gasteiger partial charge in [0, 0.05) is 55.9 Å². The van der Waals surface area contributed by atoms with Crippen LogP contribution in [0.5, 0.6) is 28.7 Å². The SMILES string of the molecule is C=CCO[C@@]12Oc3ccc(Oc4ccc(C)c(C)c4)cc3[C@H]3[C@H](CCCCO)[C@@H](CCCCO)C=C(C(=NOC(C)(C)C)C[C@@H]1N(Cc1ccc4c(c1)OCO4)C(=O)C=Cc1ccc([N+](=O)[O-])cc1)[C@H]32. The summed E-state index contributed by atoms with van der Waals surface area (Å²) in [6.07, 6.45) is 11.7. The van der Waals surface area contributed by atoms with Crippen molar-refractivity contribution >= 4 is 23.4 Å². The highest BCUT2D eigenvalue weighted by atomic mass is 16.7. The number of carbonyl (C=O) groups is 1. The molecule has 4 aromatic carbocycles. The number of non-ortho nitro benzene ring substituents is 1. The summed E-state index contributed by atoms with van der Waals surface area (Å²) in [6, 6.07) is 22.7. The first-order valence-corrected chi connectivity index (χ1v) is 24.3. The molecule has 4 aliphatic rings. The molecule has 0 saturated heterocycles. The summed E-state index contributed by atoms with van der Waals surface area (Å²) >= 11 is 0. The second kappa shape index (κ2) is 21.7. The lowest BCUT2D eigenvalue weighted by Gasteiger charge is -2.60. The third kappa shape index (κ3) is 10.9. The van der Waals surface area contributed by atoms with E-state index in [1.54, 1.807) is 29.2 Å². The fourth-order valence-corrected chi connectivity index (χ4v) is 10.4. The Morgan fingerprint density at radius 2 is 1.63 bits per heavy atom. The van der Waals surface area contributed by atoms with Crippen molar-refractivity contribution in [3.8, 4) is 28.7 Å². The van der Waals surface area contributed by atoms with Gasteiger partial charge in [-0.3, -0.25) is 14.9 Å². The van der Waals surface area contributed by atoms with Crippen molar-refractivity contribution in [3.05, 3.63) is 147 Å². The van der Waals surface area contributed by atoms with Gasteiger partial charge in [0.25, 0.3) is 5.69 Å². The standard InChI is InChI=1S/C56H65N3O11/c1-7-28-67-56-51(58(34-39-17-23-49-50(30-39)66-35-65-49)52(62)25-18-38-15-19-41(20-16-38)59(63)64)33-47(57-70-55(4,5)6)45-31-40(12-8-10-26-60)44(13-9-11-27-61)53(54(45)56)46-32-43(22-24-48(46)69-56)68-42-21-14-36(2)37(3)29-42/h7,14-25,29-32,40,44,51,53-54,60-61H,1,8-13,26-28,33-35H2,2-6H3/t40-,44+,51-,53+,54+,56+/m0/s1. The van der Waals surface area contributed by atoms with Crippen LogP contribution < -0.4 is 18.9 Å². The van der Waals surface area contributed by atoms with E-state index in [0.717, 1.165) is 53.5 Å². The second-order valence-electron chi connectivity index (χ2n) is 19.7. The molecule has 1 amide bonds. The molecular weight excluding hydrogens is 891 g/mol. The number of hydrogen-bond acceptors (Lipinski definition) is 12. The minimum Gasteiger partial charge on any atom is -0.459 e. The molecule has 14 nitrogen and oxygen atoms in total. The molecule has 6 atom stereocenters. The van der Waals surface area contributed by atoms with Crippen molar-refractivity contribution in [3.63, 3.8) is 0 Å². The number of benzene rings is 4. The molecule has 0 bridgehead atoms. The van der Waals surface area contributed by atoms with Gasteiger partial charge in [0.1, 0.15) is 28.9 Å². The number of nitro groups is 1. The number of fused-ring (bicyclic) bond motifs is 3. The second-order valence-corrected chi connectivity index (χ2v) is 19.7. The predicted molar refractivity (Wildman–Crippen MR) is 267 cm³/mol. The van der Waals surface area contributed by atoms with Crippen LogP contribution in [0.4, 0.5) is 5.69 Å². The average molecular weight is 956 g/mol. The largest absolute Gasteiger partial charge is 0.459 e. The first kappa shape index (κ1) is 49.9. The molecule has 2 aliphatic heterocycles. The highest BCUT2D eigenvalue weighted by molar-refractivity contribution is 6.03. The van der Waals surface area contributed by atoms with Crippen molar-refractivity contribution in [2.24, 2.45) is 22.9 Å². The third-order valence-electron chi connectivity index (χ3n) is 13.8. The Balaban J connectivity index is 1.35. The first-order valence-electron chi connectivity index (χ1n) is 24.3. The number of hydrogen-bond donors (Lipinski definition) is 2. The zero-order valence-corrected chi connectivity index (χ0v) is 40.8. The summed E-state index contributed by atoms with van der Waals surface area (Å²) in [6.45, 7) is 14.4. The quantitative estimate of drug-likeness (QED) is 0.0284. The number of aryl methyl sites for hydroxylation is 2. The van der Waals surface area contributed by atoms with E-state index in [2.05, 4.69) is 32.6 Å². The van der Waals surface area contributed by atoms with Gasteiger partial charge in [0.15, 0.2) is 11.5 Å². The van der Waals surface area contributed by atoms with Gasteiger partial charge in [-0.1, -0.05) is 42.3 Å². The number of amides is 1. The monoisotopic (exact) mass is 955 g/mol. The summed E-state index contributed by atoms with van der Waals surface area (Å²) < 4.78 is 32.8. The maximum Gasteiger partial charge on any atom is 0.269 e. The first-order chi connectivity index (χ1) is 33.7. The summed E-state index contributed by atoms with van der Waals surface area (Å²) in [5.74, 6) is 0.381. The number of nitrogens with zero attached hydrogens (tertiary/aromatic N) is 3. The van der Waals surface area contributed by atoms with Crippen molar-refractivity contribution in [1.82, 2.24) is 4.90 Å². The van der Waals surface area contributed by atoms with Crippen LogP contribution in [0.15, 0.2) is 114 Å². The molecule has 0 radical (unpaired) electrons. The average Bonchev–Trinajstić information content (AvgIpc) is 3.82. The number of allylic oxidation sites excluding steroid dienone is 1. The number of carbonyl (C=O) groups excluding carboxylic acids is 1. The van der Waals surface area contributed by atoms with Crippen LogP contribution in [0.2, 0.25) is 0 Å². The van der Waals surface area contributed by atoms with E-state index in [1.807, 2.05) is 69.3 Å². The summed E-state index contributed by atoms with van der Waals surface area (Å²) in [4.78, 5) is 34.5. The molecule has 370 valence electrons. The molecule has 8 rings (SSSR count). The minimum absolute atomic E-state index is 0.00574. The molecule has 0 aromatic heterocycles. The van der Waals surface area contributed by atoms with Crippen molar-refractivity contribution < 1.29 is 48.5 Å². The number of ether oxygens (including phenoxy) is 5. The lowest BCUT2D eigenvalue weighted by Crippen LogP contribution is -2.70. The molecule has 4 aromatic rings. The molecule has 2 heterocycles. The molecule has 14 heteroatoms. The van der Waals surface area contributed by atoms with E-state index in [9.17, 15) is 20.3 Å². The molecule has 70 heavy (non-hydrogen) atoms. The zero-order valence-electron chi connectivity index (χ0n) is 40.8. The van der Waals surface area contributed by atoms with Gasteiger partial charge in [-0.2, -0.15) is 0 Å². The summed E-state index contributed by atoms with van der Waals surface area (Å²) in [5.41, 5.74) is 5.41. The van der Waals surface area contributed by atoms with E-state index < -0.39 is 28.3 Å². The van der Waals surface area contributed by atoms with Crippen molar-refractivity contribution in [2.75, 3.05) is 26.6 Å². The van der Waals surface area contributed by atoms with Gasteiger partial charge in [0.05, 0.1) is 23.2 Å². The van der Waals surface area contributed by atoms with Gasteiger partial charge >= 0.3 is 0 Å². The van der Waals surface area contributed by atoms with Crippen LogP contribution in [0.3, 0.4) is 0 Å². The van der Waals surface area contributed by atoms with Crippen LogP contribution in [0.25, 0.3) is 6.08 Å². The van der Waals surface area contributed by atoms with Crippen LogP contribution in [-0.2, 0) is 20.9 Å². The number of oxime groups is 1. The lowest BCUT2D eigenvalue weighted by molar-refractivity contribution is -0.384. The number of aliphatic hydroxyl groups excluding tert-OH is 2. The van der Waals surface area contributed by atoms with Gasteiger partial charge < -0.3 is 43.6 Å². The predicted octanol–water partition coefficient (Wildman–Crippen LogP) is 10.9. The van der Waals surface area contributed by atoms with Gasteiger partial charge in [0.2, 0.25) is 18.5 Å².